The molecule has 104 valence electrons. The molecule has 3 N–H and O–H groups in total. The highest BCUT2D eigenvalue weighted by Gasteiger charge is 2.15. The Balaban J connectivity index is 1.55. The standard InChI is InChI=1S/C16H18N2OS/c17-14-6-2-1-4-11(14)9-16(19)18-10-13-8-12-5-3-7-15(12)20-13/h1-2,4,6,8H,3,5,7,9-10,17H2,(H,18,19). The molecule has 0 aliphatic heterocycles. The Morgan fingerprint density at radius 1 is 1.30 bits per heavy atom. The normalized spacial score (nSPS) is 13.2. The van der Waals surface area contributed by atoms with Crippen molar-refractivity contribution in [3.63, 3.8) is 0 Å². The number of amides is 1. The first-order valence-electron chi connectivity index (χ1n) is 6.93. The Morgan fingerprint density at radius 3 is 2.95 bits per heavy atom. The van der Waals surface area contributed by atoms with E-state index >= 15 is 0 Å². The van der Waals surface area contributed by atoms with Crippen molar-refractivity contribution in [3.8, 4) is 0 Å². The number of rotatable bonds is 4. The minimum Gasteiger partial charge on any atom is -0.398 e. The van der Waals surface area contributed by atoms with Crippen LogP contribution in [0.2, 0.25) is 0 Å². The Morgan fingerprint density at radius 2 is 2.15 bits per heavy atom. The van der Waals surface area contributed by atoms with Gasteiger partial charge in [-0.1, -0.05) is 18.2 Å². The Labute approximate surface area is 122 Å². The third-order valence-electron chi connectivity index (χ3n) is 3.66. The molecule has 1 amide bonds. The van der Waals surface area contributed by atoms with Gasteiger partial charge < -0.3 is 11.1 Å². The molecule has 0 spiro atoms. The molecule has 3 rings (SSSR count). The molecule has 20 heavy (non-hydrogen) atoms. The molecular formula is C16H18N2OS. The summed E-state index contributed by atoms with van der Waals surface area (Å²) < 4.78 is 0. The number of nitrogens with one attached hydrogen (secondary N) is 1. The van der Waals surface area contributed by atoms with Gasteiger partial charge in [-0.3, -0.25) is 4.79 Å². The molecular weight excluding hydrogens is 268 g/mol. The predicted molar refractivity (Wildman–Crippen MR) is 82.7 cm³/mol. The van der Waals surface area contributed by atoms with Crippen molar-refractivity contribution in [3.05, 3.63) is 51.2 Å². The van der Waals surface area contributed by atoms with Gasteiger partial charge in [0.2, 0.25) is 5.91 Å². The van der Waals surface area contributed by atoms with Crippen molar-refractivity contribution >= 4 is 22.9 Å². The quantitative estimate of drug-likeness (QED) is 0.849. The van der Waals surface area contributed by atoms with Crippen molar-refractivity contribution < 1.29 is 4.79 Å². The fourth-order valence-corrected chi connectivity index (χ4v) is 3.79. The third kappa shape index (κ3) is 2.85. The van der Waals surface area contributed by atoms with E-state index in [1.54, 1.807) is 0 Å². The lowest BCUT2D eigenvalue weighted by atomic mass is 10.1. The summed E-state index contributed by atoms with van der Waals surface area (Å²) in [7, 11) is 0. The summed E-state index contributed by atoms with van der Waals surface area (Å²) in [6.45, 7) is 0.628. The second kappa shape index (κ2) is 5.67. The largest absolute Gasteiger partial charge is 0.398 e. The van der Waals surface area contributed by atoms with Crippen LogP contribution in [0.3, 0.4) is 0 Å². The molecule has 0 saturated carbocycles. The van der Waals surface area contributed by atoms with Gasteiger partial charge in [0.05, 0.1) is 13.0 Å². The van der Waals surface area contributed by atoms with E-state index < -0.39 is 0 Å². The lowest BCUT2D eigenvalue weighted by molar-refractivity contribution is -0.120. The molecule has 1 aromatic carbocycles. The van der Waals surface area contributed by atoms with E-state index in [0.29, 0.717) is 18.7 Å². The number of hydrogen-bond donors (Lipinski definition) is 2. The number of para-hydroxylation sites is 1. The molecule has 4 heteroatoms. The molecule has 0 saturated heterocycles. The first-order valence-corrected chi connectivity index (χ1v) is 7.74. The summed E-state index contributed by atoms with van der Waals surface area (Å²) in [5.41, 5.74) is 8.89. The highest BCUT2D eigenvalue weighted by Crippen LogP contribution is 2.30. The van der Waals surface area contributed by atoms with Gasteiger partial charge in [-0.25, -0.2) is 0 Å². The molecule has 0 atom stereocenters. The van der Waals surface area contributed by atoms with Crippen LogP contribution in [-0.2, 0) is 30.6 Å². The highest BCUT2D eigenvalue weighted by atomic mass is 32.1. The number of thiophene rings is 1. The number of anilines is 1. The zero-order chi connectivity index (χ0) is 13.9. The zero-order valence-corrected chi connectivity index (χ0v) is 12.1. The number of nitrogen functional groups attached to an aromatic ring is 1. The van der Waals surface area contributed by atoms with E-state index in [0.717, 1.165) is 5.56 Å². The molecule has 1 heterocycles. The molecule has 2 aromatic rings. The summed E-state index contributed by atoms with van der Waals surface area (Å²) >= 11 is 1.83. The summed E-state index contributed by atoms with van der Waals surface area (Å²) in [6, 6.07) is 9.75. The van der Waals surface area contributed by atoms with Crippen LogP contribution in [-0.4, -0.2) is 5.91 Å². The maximum absolute atomic E-state index is 12.0. The van der Waals surface area contributed by atoms with Gasteiger partial charge in [0.1, 0.15) is 0 Å². The van der Waals surface area contributed by atoms with Gasteiger partial charge in [0.25, 0.3) is 0 Å². The molecule has 1 aliphatic carbocycles. The van der Waals surface area contributed by atoms with Crippen LogP contribution in [0, 0.1) is 0 Å². The number of carbonyl (C=O) groups excluding carboxylic acids is 1. The first kappa shape index (κ1) is 13.2. The van der Waals surface area contributed by atoms with Crippen LogP contribution in [0.25, 0.3) is 0 Å². The van der Waals surface area contributed by atoms with Crippen LogP contribution >= 0.6 is 11.3 Å². The maximum Gasteiger partial charge on any atom is 0.224 e. The van der Waals surface area contributed by atoms with E-state index in [1.807, 2.05) is 35.6 Å². The van der Waals surface area contributed by atoms with Crippen LogP contribution in [0.15, 0.2) is 30.3 Å². The minimum atomic E-state index is 0.0245. The number of benzene rings is 1. The van der Waals surface area contributed by atoms with E-state index in [1.165, 1.54) is 34.6 Å². The second-order valence-corrected chi connectivity index (χ2v) is 6.39. The third-order valence-corrected chi connectivity index (χ3v) is 4.90. The summed E-state index contributed by atoms with van der Waals surface area (Å²) in [5.74, 6) is 0.0245. The Hall–Kier alpha value is -1.81. The van der Waals surface area contributed by atoms with Crippen molar-refractivity contribution in [2.45, 2.75) is 32.2 Å². The van der Waals surface area contributed by atoms with Gasteiger partial charge in [-0.05, 0) is 42.5 Å². The average Bonchev–Trinajstić information content (AvgIpc) is 3.00. The molecule has 3 nitrogen and oxygen atoms in total. The molecule has 0 unspecified atom stereocenters. The predicted octanol–water partition coefficient (Wildman–Crippen LogP) is 2.68. The maximum atomic E-state index is 12.0. The molecule has 1 aliphatic rings. The molecule has 0 radical (unpaired) electrons. The SMILES string of the molecule is Nc1ccccc1CC(=O)NCc1cc2c(s1)CCC2. The first-order chi connectivity index (χ1) is 9.72. The summed E-state index contributed by atoms with van der Waals surface area (Å²) in [5, 5.41) is 2.98. The van der Waals surface area contributed by atoms with Crippen LogP contribution < -0.4 is 11.1 Å². The fraction of sp³-hybridized carbons (Fsp3) is 0.312. The van der Waals surface area contributed by atoms with Gasteiger partial charge in [0, 0.05) is 15.4 Å². The lowest BCUT2D eigenvalue weighted by Crippen LogP contribution is -2.24. The van der Waals surface area contributed by atoms with Crippen molar-refractivity contribution in [2.24, 2.45) is 0 Å². The zero-order valence-electron chi connectivity index (χ0n) is 11.3. The lowest BCUT2D eigenvalue weighted by Gasteiger charge is -2.06. The molecule has 0 bridgehead atoms. The monoisotopic (exact) mass is 286 g/mol. The summed E-state index contributed by atoms with van der Waals surface area (Å²) in [6.07, 6.45) is 4.02. The van der Waals surface area contributed by atoms with E-state index in [9.17, 15) is 4.79 Å². The Kier molecular flexibility index (Phi) is 3.74. The highest BCUT2D eigenvalue weighted by molar-refractivity contribution is 7.12. The molecule has 0 fully saturated rings. The number of fused-ring (bicyclic) bond motifs is 1. The molecule has 1 aromatic heterocycles. The second-order valence-electron chi connectivity index (χ2n) is 5.17. The van der Waals surface area contributed by atoms with Crippen molar-refractivity contribution in [2.75, 3.05) is 5.73 Å². The van der Waals surface area contributed by atoms with Gasteiger partial charge >= 0.3 is 0 Å². The number of nitrogens with two attached hydrogens (primary N) is 1. The van der Waals surface area contributed by atoms with E-state index in [-0.39, 0.29) is 5.91 Å². The Bertz CT molecular complexity index is 612. The van der Waals surface area contributed by atoms with E-state index in [4.69, 9.17) is 5.73 Å². The van der Waals surface area contributed by atoms with Crippen LogP contribution in [0.5, 0.6) is 0 Å². The van der Waals surface area contributed by atoms with Crippen molar-refractivity contribution in [1.82, 2.24) is 5.32 Å². The topological polar surface area (TPSA) is 55.1 Å². The van der Waals surface area contributed by atoms with Crippen LogP contribution in [0.4, 0.5) is 5.69 Å². The average molecular weight is 286 g/mol. The minimum absolute atomic E-state index is 0.0245. The van der Waals surface area contributed by atoms with Gasteiger partial charge in [-0.2, -0.15) is 0 Å². The van der Waals surface area contributed by atoms with Crippen molar-refractivity contribution in [1.29, 1.82) is 0 Å². The number of carbonyl (C=O) groups is 1. The number of aryl methyl sites for hydroxylation is 2. The number of hydrogen-bond acceptors (Lipinski definition) is 3. The van der Waals surface area contributed by atoms with Crippen LogP contribution in [0.1, 0.15) is 27.3 Å². The smallest absolute Gasteiger partial charge is 0.224 e. The summed E-state index contributed by atoms with van der Waals surface area (Å²) in [4.78, 5) is 14.7. The van der Waals surface area contributed by atoms with E-state index in [2.05, 4.69) is 11.4 Å². The van der Waals surface area contributed by atoms with Gasteiger partial charge in [0.15, 0.2) is 0 Å². The van der Waals surface area contributed by atoms with Gasteiger partial charge in [-0.15, -0.1) is 11.3 Å². The fourth-order valence-electron chi connectivity index (χ4n) is 2.59.